The van der Waals surface area contributed by atoms with E-state index in [0.717, 1.165) is 11.1 Å². The van der Waals surface area contributed by atoms with Gasteiger partial charge in [0.05, 0.1) is 12.1 Å². The molecular formula is C21H18N2O5. The average Bonchev–Trinajstić information content (AvgIpc) is 3.46. The summed E-state index contributed by atoms with van der Waals surface area (Å²) in [6.07, 6.45) is -0.0582. The lowest BCUT2D eigenvalue weighted by Crippen LogP contribution is -2.32. The van der Waals surface area contributed by atoms with E-state index in [9.17, 15) is 9.90 Å². The molecule has 2 aliphatic heterocycles. The van der Waals surface area contributed by atoms with E-state index in [2.05, 4.69) is 5.16 Å². The number of aromatic nitrogens is 1. The van der Waals surface area contributed by atoms with Crippen LogP contribution in [-0.2, 0) is 0 Å². The molecule has 2 aromatic carbocycles. The number of likely N-dealkylation sites (tertiary alicyclic amines) is 1. The largest absolute Gasteiger partial charge is 0.454 e. The smallest absolute Gasteiger partial charge is 0.276 e. The van der Waals surface area contributed by atoms with Crippen LogP contribution in [0.25, 0.3) is 11.3 Å². The first-order valence-corrected chi connectivity index (χ1v) is 9.10. The number of fused-ring (bicyclic) bond motifs is 1. The van der Waals surface area contributed by atoms with Crippen molar-refractivity contribution in [3.05, 3.63) is 65.9 Å². The summed E-state index contributed by atoms with van der Waals surface area (Å²) >= 11 is 0. The Morgan fingerprint density at radius 1 is 1.07 bits per heavy atom. The zero-order chi connectivity index (χ0) is 19.1. The normalized spacial score (nSPS) is 20.5. The highest BCUT2D eigenvalue weighted by atomic mass is 16.7. The Morgan fingerprint density at radius 2 is 1.89 bits per heavy atom. The topological polar surface area (TPSA) is 85.0 Å². The number of rotatable bonds is 3. The van der Waals surface area contributed by atoms with Crippen LogP contribution in [0.2, 0.25) is 0 Å². The van der Waals surface area contributed by atoms with Gasteiger partial charge in [-0.2, -0.15) is 0 Å². The van der Waals surface area contributed by atoms with Gasteiger partial charge in [0.2, 0.25) is 6.79 Å². The lowest BCUT2D eigenvalue weighted by atomic mass is 10.0. The predicted molar refractivity (Wildman–Crippen MR) is 98.9 cm³/mol. The quantitative estimate of drug-likeness (QED) is 0.754. The summed E-state index contributed by atoms with van der Waals surface area (Å²) < 4.78 is 16.1. The van der Waals surface area contributed by atoms with Gasteiger partial charge in [0.15, 0.2) is 23.0 Å². The molecule has 5 rings (SSSR count). The van der Waals surface area contributed by atoms with Crippen LogP contribution in [0.1, 0.15) is 28.5 Å². The number of carbonyl (C=O) groups excluding carboxylic acids is 1. The van der Waals surface area contributed by atoms with Crippen LogP contribution >= 0.6 is 0 Å². The van der Waals surface area contributed by atoms with E-state index < -0.39 is 6.10 Å². The third-order valence-corrected chi connectivity index (χ3v) is 5.11. The van der Waals surface area contributed by atoms with Gasteiger partial charge < -0.3 is 24.0 Å². The lowest BCUT2D eigenvalue weighted by Gasteiger charge is -2.23. The van der Waals surface area contributed by atoms with Crippen molar-refractivity contribution in [2.75, 3.05) is 13.3 Å². The minimum absolute atomic E-state index is 0.186. The third kappa shape index (κ3) is 2.90. The van der Waals surface area contributed by atoms with Gasteiger partial charge in [0.1, 0.15) is 0 Å². The van der Waals surface area contributed by atoms with Crippen molar-refractivity contribution in [1.82, 2.24) is 10.1 Å². The summed E-state index contributed by atoms with van der Waals surface area (Å²) in [4.78, 5) is 14.7. The molecule has 1 unspecified atom stereocenters. The Morgan fingerprint density at radius 3 is 2.75 bits per heavy atom. The maximum atomic E-state index is 13.1. The molecular weight excluding hydrogens is 360 g/mol. The number of ether oxygens (including phenoxy) is 2. The van der Waals surface area contributed by atoms with Gasteiger partial charge in [-0.25, -0.2) is 0 Å². The van der Waals surface area contributed by atoms with Crippen molar-refractivity contribution in [3.8, 4) is 22.8 Å². The number of β-amino-alcohol motifs (C(OH)–C–C–N with tert-alkyl or cyclic N) is 1. The van der Waals surface area contributed by atoms with Crippen LogP contribution in [0, 0.1) is 0 Å². The van der Waals surface area contributed by atoms with E-state index >= 15 is 0 Å². The van der Waals surface area contributed by atoms with Crippen LogP contribution in [0.4, 0.5) is 0 Å². The fraction of sp³-hybridized carbons (Fsp3) is 0.238. The summed E-state index contributed by atoms with van der Waals surface area (Å²) in [6, 6.07) is 16.6. The zero-order valence-electron chi connectivity index (χ0n) is 14.9. The van der Waals surface area contributed by atoms with Gasteiger partial charge in [-0.3, -0.25) is 4.79 Å². The minimum atomic E-state index is -0.561. The van der Waals surface area contributed by atoms with Gasteiger partial charge in [-0.1, -0.05) is 35.5 Å². The van der Waals surface area contributed by atoms with E-state index in [0.29, 0.717) is 23.7 Å². The molecule has 0 radical (unpaired) electrons. The zero-order valence-corrected chi connectivity index (χ0v) is 14.9. The summed E-state index contributed by atoms with van der Waals surface area (Å²) in [7, 11) is 0. The van der Waals surface area contributed by atoms with Crippen LogP contribution in [0.15, 0.2) is 59.1 Å². The summed E-state index contributed by atoms with van der Waals surface area (Å²) in [5.41, 5.74) is 1.95. The average molecular weight is 378 g/mol. The first-order valence-electron chi connectivity index (χ1n) is 9.10. The Balaban J connectivity index is 1.41. The fourth-order valence-electron chi connectivity index (χ4n) is 3.74. The van der Waals surface area contributed by atoms with Crippen molar-refractivity contribution < 1.29 is 23.9 Å². The van der Waals surface area contributed by atoms with Crippen molar-refractivity contribution in [2.24, 2.45) is 0 Å². The Hall–Kier alpha value is -3.32. The summed E-state index contributed by atoms with van der Waals surface area (Å²) in [5.74, 6) is 1.52. The number of aliphatic hydroxyl groups excluding tert-OH is 1. The first-order chi connectivity index (χ1) is 13.7. The maximum Gasteiger partial charge on any atom is 0.276 e. The molecule has 1 amide bonds. The fourth-order valence-corrected chi connectivity index (χ4v) is 3.74. The van der Waals surface area contributed by atoms with E-state index in [4.69, 9.17) is 14.0 Å². The number of aliphatic hydroxyl groups is 1. The second-order valence-corrected chi connectivity index (χ2v) is 6.92. The van der Waals surface area contributed by atoms with Crippen molar-refractivity contribution in [1.29, 1.82) is 0 Å². The Labute approximate surface area is 161 Å². The molecule has 28 heavy (non-hydrogen) atoms. The van der Waals surface area contributed by atoms with E-state index in [1.807, 2.05) is 36.4 Å². The number of amides is 1. The molecule has 0 spiro atoms. The molecule has 3 heterocycles. The number of hydrogen-bond donors (Lipinski definition) is 1. The van der Waals surface area contributed by atoms with Crippen LogP contribution in [0.5, 0.6) is 11.5 Å². The van der Waals surface area contributed by atoms with Gasteiger partial charge in [-0.05, 0) is 30.2 Å². The number of nitrogens with zero attached hydrogens (tertiary/aromatic N) is 2. The van der Waals surface area contributed by atoms with Gasteiger partial charge in [0, 0.05) is 18.2 Å². The summed E-state index contributed by atoms with van der Waals surface area (Å²) in [6.45, 7) is 0.460. The Kier molecular flexibility index (Phi) is 4.02. The summed E-state index contributed by atoms with van der Waals surface area (Å²) in [5, 5.41) is 14.1. The number of carbonyl (C=O) groups is 1. The highest BCUT2D eigenvalue weighted by molar-refractivity contribution is 5.93. The van der Waals surface area contributed by atoms with Gasteiger partial charge >= 0.3 is 0 Å². The number of hydrogen-bond acceptors (Lipinski definition) is 6. The molecule has 1 saturated heterocycles. The molecule has 1 N–H and O–H groups in total. The first kappa shape index (κ1) is 16.8. The Bertz CT molecular complexity index is 1020. The van der Waals surface area contributed by atoms with E-state index in [1.165, 1.54) is 0 Å². The van der Waals surface area contributed by atoms with Crippen molar-refractivity contribution >= 4 is 5.91 Å². The second kappa shape index (κ2) is 6.69. The molecule has 7 heteroatoms. The lowest BCUT2D eigenvalue weighted by molar-refractivity contribution is 0.0705. The molecule has 0 saturated carbocycles. The maximum absolute atomic E-state index is 13.1. The number of benzene rings is 2. The highest BCUT2D eigenvalue weighted by Gasteiger charge is 2.36. The molecule has 2 atom stereocenters. The predicted octanol–water partition coefficient (Wildman–Crippen LogP) is 3.02. The van der Waals surface area contributed by atoms with Gasteiger partial charge in [0.25, 0.3) is 5.91 Å². The monoisotopic (exact) mass is 378 g/mol. The van der Waals surface area contributed by atoms with Crippen LogP contribution < -0.4 is 9.47 Å². The second-order valence-electron chi connectivity index (χ2n) is 6.92. The van der Waals surface area contributed by atoms with Crippen molar-refractivity contribution in [3.63, 3.8) is 0 Å². The van der Waals surface area contributed by atoms with Crippen LogP contribution in [0.3, 0.4) is 0 Å². The molecule has 3 aromatic rings. The van der Waals surface area contributed by atoms with Crippen LogP contribution in [-0.4, -0.2) is 40.5 Å². The molecule has 1 aromatic heterocycles. The molecule has 0 bridgehead atoms. The molecule has 7 nitrogen and oxygen atoms in total. The highest BCUT2D eigenvalue weighted by Crippen LogP contribution is 2.37. The standard InChI is InChI=1S/C21H18N2O5/c24-15-9-17(13-4-2-1-3-5-13)23(11-15)21(25)16-10-19(28-22-16)14-6-7-18-20(8-14)27-12-26-18/h1-8,10,15,17,24H,9,11-12H2/t15?,17-/m0/s1. The van der Waals surface area contributed by atoms with Gasteiger partial charge in [-0.15, -0.1) is 0 Å². The SMILES string of the molecule is O=C(c1cc(-c2ccc3c(c2)OCO3)on1)N1CC(O)C[C@H]1c1ccccc1. The minimum Gasteiger partial charge on any atom is -0.454 e. The molecule has 142 valence electrons. The van der Waals surface area contributed by atoms with Crippen molar-refractivity contribution in [2.45, 2.75) is 18.6 Å². The third-order valence-electron chi connectivity index (χ3n) is 5.11. The van der Waals surface area contributed by atoms with E-state index in [1.54, 1.807) is 23.1 Å². The molecule has 2 aliphatic rings. The van der Waals surface area contributed by atoms with E-state index in [-0.39, 0.29) is 31.0 Å². The molecule has 0 aliphatic carbocycles. The molecule has 1 fully saturated rings.